The van der Waals surface area contributed by atoms with Gasteiger partial charge in [0.25, 0.3) is 0 Å². The summed E-state index contributed by atoms with van der Waals surface area (Å²) in [5, 5.41) is 2.28. The molecule has 0 spiro atoms. The zero-order chi connectivity index (χ0) is 13.7. The van der Waals surface area contributed by atoms with Crippen molar-refractivity contribution < 1.29 is 0 Å². The lowest BCUT2D eigenvalue weighted by Gasteiger charge is -2.07. The van der Waals surface area contributed by atoms with Crippen LogP contribution in [-0.4, -0.2) is 9.97 Å². The standard InChI is InChI=1S/C16H8Br2N2/c17-9-5-6-13-14(7-9)19-15-8-12(18)10-3-1-2-4-11(10)16(15)20-13/h1-8H. The maximum Gasteiger partial charge on any atom is 0.0973 e. The summed E-state index contributed by atoms with van der Waals surface area (Å²) in [6.45, 7) is 0. The molecule has 0 unspecified atom stereocenters. The number of fused-ring (bicyclic) bond motifs is 4. The Hall–Kier alpha value is -1.52. The highest BCUT2D eigenvalue weighted by atomic mass is 79.9. The Morgan fingerprint density at radius 3 is 2.35 bits per heavy atom. The molecule has 0 atom stereocenters. The molecule has 0 N–H and O–H groups in total. The minimum Gasteiger partial charge on any atom is -0.244 e. The van der Waals surface area contributed by atoms with Crippen LogP contribution in [0.2, 0.25) is 0 Å². The number of hydrogen-bond acceptors (Lipinski definition) is 2. The maximum atomic E-state index is 4.78. The zero-order valence-electron chi connectivity index (χ0n) is 10.3. The van der Waals surface area contributed by atoms with Crippen molar-refractivity contribution in [3.05, 3.63) is 57.5 Å². The van der Waals surface area contributed by atoms with Crippen LogP contribution < -0.4 is 0 Å². The molecule has 1 heterocycles. The average Bonchev–Trinajstić information content (AvgIpc) is 2.46. The summed E-state index contributed by atoms with van der Waals surface area (Å²) in [5.41, 5.74) is 3.65. The number of benzene rings is 3. The molecule has 2 nitrogen and oxygen atoms in total. The van der Waals surface area contributed by atoms with Gasteiger partial charge in [-0.25, -0.2) is 9.97 Å². The third-order valence-electron chi connectivity index (χ3n) is 3.36. The second-order valence-corrected chi connectivity index (χ2v) is 6.40. The Labute approximate surface area is 132 Å². The van der Waals surface area contributed by atoms with Crippen LogP contribution in [0.5, 0.6) is 0 Å². The molecule has 0 amide bonds. The monoisotopic (exact) mass is 386 g/mol. The SMILES string of the molecule is Brc1ccc2nc3c(cc(Br)c4ccccc43)nc2c1. The molecule has 0 radical (unpaired) electrons. The van der Waals surface area contributed by atoms with Gasteiger partial charge in [-0.2, -0.15) is 0 Å². The molecule has 0 bridgehead atoms. The minimum atomic E-state index is 0.897. The van der Waals surface area contributed by atoms with Crippen molar-refractivity contribution in [2.24, 2.45) is 0 Å². The normalized spacial score (nSPS) is 11.5. The lowest BCUT2D eigenvalue weighted by molar-refractivity contribution is 1.40. The summed E-state index contributed by atoms with van der Waals surface area (Å²) in [5.74, 6) is 0. The van der Waals surface area contributed by atoms with E-state index >= 15 is 0 Å². The molecule has 0 saturated heterocycles. The van der Waals surface area contributed by atoms with Gasteiger partial charge in [0.1, 0.15) is 0 Å². The number of halogens is 2. The molecule has 0 aliphatic heterocycles. The van der Waals surface area contributed by atoms with Crippen LogP contribution in [0.15, 0.2) is 57.5 Å². The summed E-state index contributed by atoms with van der Waals surface area (Å²) in [4.78, 5) is 9.51. The van der Waals surface area contributed by atoms with Crippen molar-refractivity contribution in [3.63, 3.8) is 0 Å². The third kappa shape index (κ3) is 1.83. The zero-order valence-corrected chi connectivity index (χ0v) is 13.4. The molecule has 3 aromatic carbocycles. The predicted molar refractivity (Wildman–Crippen MR) is 90.0 cm³/mol. The molecular weight excluding hydrogens is 380 g/mol. The van der Waals surface area contributed by atoms with E-state index < -0.39 is 0 Å². The predicted octanol–water partition coefficient (Wildman–Crippen LogP) is 5.46. The van der Waals surface area contributed by atoms with Crippen LogP contribution in [0.3, 0.4) is 0 Å². The van der Waals surface area contributed by atoms with Crippen molar-refractivity contribution in [1.29, 1.82) is 0 Å². The molecule has 4 rings (SSSR count). The summed E-state index contributed by atoms with van der Waals surface area (Å²) in [6, 6.07) is 16.2. The van der Waals surface area contributed by atoms with E-state index in [1.165, 1.54) is 0 Å². The van der Waals surface area contributed by atoms with Crippen molar-refractivity contribution in [3.8, 4) is 0 Å². The summed E-state index contributed by atoms with van der Waals surface area (Å²) >= 11 is 7.09. The lowest BCUT2D eigenvalue weighted by Crippen LogP contribution is -1.89. The topological polar surface area (TPSA) is 25.8 Å². The van der Waals surface area contributed by atoms with E-state index in [1.54, 1.807) is 0 Å². The maximum absolute atomic E-state index is 4.78. The molecule has 0 fully saturated rings. The van der Waals surface area contributed by atoms with E-state index in [9.17, 15) is 0 Å². The van der Waals surface area contributed by atoms with Crippen LogP contribution in [0.25, 0.3) is 32.8 Å². The van der Waals surface area contributed by atoms with Gasteiger partial charge in [0.05, 0.1) is 22.1 Å². The smallest absolute Gasteiger partial charge is 0.0973 e. The first kappa shape index (κ1) is 12.2. The fourth-order valence-corrected chi connectivity index (χ4v) is 3.35. The van der Waals surface area contributed by atoms with Gasteiger partial charge in [-0.15, -0.1) is 0 Å². The molecular formula is C16H8Br2N2. The van der Waals surface area contributed by atoms with Gasteiger partial charge in [-0.3, -0.25) is 0 Å². The summed E-state index contributed by atoms with van der Waals surface area (Å²) in [7, 11) is 0. The molecule has 4 aromatic rings. The fraction of sp³-hybridized carbons (Fsp3) is 0. The van der Waals surface area contributed by atoms with Gasteiger partial charge in [0, 0.05) is 14.3 Å². The fourth-order valence-electron chi connectivity index (χ4n) is 2.44. The Kier molecular flexibility index (Phi) is 2.75. The first-order chi connectivity index (χ1) is 9.72. The number of hydrogen-bond donors (Lipinski definition) is 0. The highest BCUT2D eigenvalue weighted by Crippen LogP contribution is 2.31. The average molecular weight is 388 g/mol. The number of rotatable bonds is 0. The Morgan fingerprint density at radius 1 is 0.700 bits per heavy atom. The second kappa shape index (κ2) is 4.50. The largest absolute Gasteiger partial charge is 0.244 e. The second-order valence-electron chi connectivity index (χ2n) is 4.63. The number of nitrogens with zero attached hydrogens (tertiary/aromatic N) is 2. The molecule has 20 heavy (non-hydrogen) atoms. The van der Waals surface area contributed by atoms with Crippen molar-refractivity contribution in [2.75, 3.05) is 0 Å². The van der Waals surface area contributed by atoms with Gasteiger partial charge in [0.2, 0.25) is 0 Å². The van der Waals surface area contributed by atoms with Gasteiger partial charge in [0.15, 0.2) is 0 Å². The highest BCUT2D eigenvalue weighted by molar-refractivity contribution is 9.11. The summed E-state index contributed by atoms with van der Waals surface area (Å²) < 4.78 is 2.06. The van der Waals surface area contributed by atoms with Crippen LogP contribution in [0.1, 0.15) is 0 Å². The first-order valence-electron chi connectivity index (χ1n) is 6.17. The molecule has 1 aromatic heterocycles. The van der Waals surface area contributed by atoms with Crippen LogP contribution in [0, 0.1) is 0 Å². The molecule has 0 aliphatic carbocycles. The van der Waals surface area contributed by atoms with Gasteiger partial charge in [-0.1, -0.05) is 56.1 Å². The van der Waals surface area contributed by atoms with E-state index in [1.807, 2.05) is 36.4 Å². The van der Waals surface area contributed by atoms with Crippen molar-refractivity contribution in [1.82, 2.24) is 9.97 Å². The van der Waals surface area contributed by atoms with Crippen molar-refractivity contribution >= 4 is 64.7 Å². The molecule has 96 valence electrons. The van der Waals surface area contributed by atoms with Gasteiger partial charge < -0.3 is 0 Å². The summed E-state index contributed by atoms with van der Waals surface area (Å²) in [6.07, 6.45) is 0. The van der Waals surface area contributed by atoms with Gasteiger partial charge >= 0.3 is 0 Å². The number of aromatic nitrogens is 2. The van der Waals surface area contributed by atoms with E-state index in [2.05, 4.69) is 44.0 Å². The third-order valence-corrected chi connectivity index (χ3v) is 4.51. The minimum absolute atomic E-state index is 0.897. The van der Waals surface area contributed by atoms with E-state index in [-0.39, 0.29) is 0 Å². The Bertz CT molecular complexity index is 980. The first-order valence-corrected chi connectivity index (χ1v) is 7.75. The highest BCUT2D eigenvalue weighted by Gasteiger charge is 2.08. The van der Waals surface area contributed by atoms with Crippen molar-refractivity contribution in [2.45, 2.75) is 0 Å². The Morgan fingerprint density at radius 2 is 1.50 bits per heavy atom. The van der Waals surface area contributed by atoms with E-state index in [0.717, 1.165) is 41.8 Å². The molecule has 0 aliphatic rings. The lowest BCUT2D eigenvalue weighted by atomic mass is 10.1. The van der Waals surface area contributed by atoms with E-state index in [0.29, 0.717) is 0 Å². The molecule has 0 saturated carbocycles. The van der Waals surface area contributed by atoms with Crippen LogP contribution >= 0.6 is 31.9 Å². The molecule has 4 heteroatoms. The van der Waals surface area contributed by atoms with E-state index in [4.69, 9.17) is 9.97 Å². The van der Waals surface area contributed by atoms with Crippen LogP contribution in [-0.2, 0) is 0 Å². The quantitative estimate of drug-likeness (QED) is 0.295. The van der Waals surface area contributed by atoms with Gasteiger partial charge in [-0.05, 0) is 29.7 Å². The van der Waals surface area contributed by atoms with Crippen LogP contribution in [0.4, 0.5) is 0 Å². The Balaban J connectivity index is 2.25.